The first-order chi connectivity index (χ1) is 9.93. The Morgan fingerprint density at radius 1 is 1.00 bits per heavy atom. The molecule has 0 atom stereocenters. The van der Waals surface area contributed by atoms with Crippen molar-refractivity contribution >= 4 is 15.9 Å². The SMILES string of the molecule is C.Cc1cc(CCc2cc(Br)cnc2C#N)c(C)c(C)c1C. The summed E-state index contributed by atoms with van der Waals surface area (Å²) in [4.78, 5) is 4.17. The molecule has 1 heterocycles. The molecule has 116 valence electrons. The van der Waals surface area contributed by atoms with Gasteiger partial charge >= 0.3 is 0 Å². The second-order valence-electron chi connectivity index (χ2n) is 5.50. The van der Waals surface area contributed by atoms with Gasteiger partial charge in [-0.3, -0.25) is 0 Å². The number of hydrogen-bond acceptors (Lipinski definition) is 2. The Balaban J connectivity index is 0.00000242. The molecule has 0 N–H and O–H groups in total. The summed E-state index contributed by atoms with van der Waals surface area (Å²) in [5, 5.41) is 9.16. The maximum atomic E-state index is 9.16. The second-order valence-corrected chi connectivity index (χ2v) is 6.42. The Kier molecular flexibility index (Phi) is 6.32. The van der Waals surface area contributed by atoms with E-state index in [4.69, 9.17) is 5.26 Å². The van der Waals surface area contributed by atoms with E-state index in [1.807, 2.05) is 6.07 Å². The van der Waals surface area contributed by atoms with Gasteiger partial charge < -0.3 is 0 Å². The van der Waals surface area contributed by atoms with Gasteiger partial charge in [0.25, 0.3) is 0 Å². The van der Waals surface area contributed by atoms with E-state index in [0.29, 0.717) is 5.69 Å². The number of nitriles is 1. The molecule has 0 bridgehead atoms. The maximum absolute atomic E-state index is 9.16. The van der Waals surface area contributed by atoms with E-state index in [1.165, 1.54) is 27.8 Å². The van der Waals surface area contributed by atoms with Crippen LogP contribution in [0.1, 0.15) is 46.5 Å². The fourth-order valence-electron chi connectivity index (χ4n) is 2.60. The fourth-order valence-corrected chi connectivity index (χ4v) is 2.98. The predicted octanol–water partition coefficient (Wildman–Crippen LogP) is 5.37. The molecule has 0 aliphatic carbocycles. The number of aryl methyl sites for hydroxylation is 3. The van der Waals surface area contributed by atoms with Crippen molar-refractivity contribution in [1.82, 2.24) is 4.98 Å². The topological polar surface area (TPSA) is 36.7 Å². The molecular weight excluding hydrogens is 336 g/mol. The Hall–Kier alpha value is -1.66. The first kappa shape index (κ1) is 18.4. The number of rotatable bonds is 3. The van der Waals surface area contributed by atoms with Crippen LogP contribution >= 0.6 is 15.9 Å². The third-order valence-electron chi connectivity index (χ3n) is 4.29. The smallest absolute Gasteiger partial charge is 0.143 e. The molecule has 1 aromatic heterocycles. The van der Waals surface area contributed by atoms with Crippen LogP contribution in [-0.2, 0) is 12.8 Å². The summed E-state index contributed by atoms with van der Waals surface area (Å²) >= 11 is 3.43. The van der Waals surface area contributed by atoms with Crippen LogP contribution in [0, 0.1) is 39.0 Å². The van der Waals surface area contributed by atoms with Crippen LogP contribution in [0.2, 0.25) is 0 Å². The molecular formula is C19H23BrN2. The first-order valence-electron chi connectivity index (χ1n) is 7.04. The van der Waals surface area contributed by atoms with Gasteiger partial charge in [0.1, 0.15) is 11.8 Å². The summed E-state index contributed by atoms with van der Waals surface area (Å²) in [6.45, 7) is 8.70. The summed E-state index contributed by atoms with van der Waals surface area (Å²) in [6.07, 6.45) is 3.44. The molecule has 2 aromatic rings. The lowest BCUT2D eigenvalue weighted by atomic mass is 9.91. The molecule has 22 heavy (non-hydrogen) atoms. The first-order valence-corrected chi connectivity index (χ1v) is 7.84. The van der Waals surface area contributed by atoms with Crippen LogP contribution < -0.4 is 0 Å². The maximum Gasteiger partial charge on any atom is 0.143 e. The van der Waals surface area contributed by atoms with E-state index in [-0.39, 0.29) is 7.43 Å². The van der Waals surface area contributed by atoms with Crippen molar-refractivity contribution in [2.75, 3.05) is 0 Å². The van der Waals surface area contributed by atoms with Gasteiger partial charge in [0.05, 0.1) is 0 Å². The molecule has 0 aliphatic rings. The molecule has 2 rings (SSSR count). The van der Waals surface area contributed by atoms with Crippen LogP contribution in [0.4, 0.5) is 0 Å². The van der Waals surface area contributed by atoms with Crippen molar-refractivity contribution < 1.29 is 0 Å². The van der Waals surface area contributed by atoms with Gasteiger partial charge in [-0.05, 0) is 95.9 Å². The molecule has 1 aromatic carbocycles. The Morgan fingerprint density at radius 2 is 1.64 bits per heavy atom. The van der Waals surface area contributed by atoms with E-state index < -0.39 is 0 Å². The number of halogens is 1. The van der Waals surface area contributed by atoms with Crippen LogP contribution in [-0.4, -0.2) is 4.98 Å². The monoisotopic (exact) mass is 358 g/mol. The van der Waals surface area contributed by atoms with Crippen molar-refractivity contribution in [3.05, 3.63) is 61.9 Å². The average molecular weight is 359 g/mol. The van der Waals surface area contributed by atoms with E-state index in [0.717, 1.165) is 22.9 Å². The van der Waals surface area contributed by atoms with Crippen molar-refractivity contribution in [3.8, 4) is 6.07 Å². The Labute approximate surface area is 142 Å². The minimum Gasteiger partial charge on any atom is -0.244 e. The Bertz CT molecular complexity index is 727. The minimum atomic E-state index is 0. The lowest BCUT2D eigenvalue weighted by molar-refractivity contribution is 0.923. The normalized spacial score (nSPS) is 10.0. The standard InChI is InChI=1S/C18H19BrN2.CH4/c1-11-7-15(14(4)13(3)12(11)2)5-6-16-8-17(19)10-21-18(16)9-20;/h7-8,10H,5-6H2,1-4H3;1H4. The summed E-state index contributed by atoms with van der Waals surface area (Å²) in [6, 6.07) is 6.44. The third-order valence-corrected chi connectivity index (χ3v) is 4.73. The largest absolute Gasteiger partial charge is 0.244 e. The molecule has 0 aliphatic heterocycles. The number of pyridine rings is 1. The summed E-state index contributed by atoms with van der Waals surface area (Å²) in [5.74, 6) is 0. The van der Waals surface area contributed by atoms with E-state index in [9.17, 15) is 0 Å². The van der Waals surface area contributed by atoms with Gasteiger partial charge in [-0.2, -0.15) is 5.26 Å². The van der Waals surface area contributed by atoms with Gasteiger partial charge in [-0.25, -0.2) is 4.98 Å². The molecule has 0 saturated heterocycles. The van der Waals surface area contributed by atoms with Gasteiger partial charge in [-0.15, -0.1) is 0 Å². The zero-order valence-corrected chi connectivity index (χ0v) is 14.5. The van der Waals surface area contributed by atoms with Gasteiger partial charge in [0.2, 0.25) is 0 Å². The van der Waals surface area contributed by atoms with Crippen LogP contribution in [0.5, 0.6) is 0 Å². The highest BCUT2D eigenvalue weighted by atomic mass is 79.9. The van der Waals surface area contributed by atoms with Crippen molar-refractivity contribution in [2.24, 2.45) is 0 Å². The van der Waals surface area contributed by atoms with Gasteiger partial charge in [0.15, 0.2) is 0 Å². The van der Waals surface area contributed by atoms with E-state index in [1.54, 1.807) is 6.20 Å². The summed E-state index contributed by atoms with van der Waals surface area (Å²) < 4.78 is 0.921. The highest BCUT2D eigenvalue weighted by Crippen LogP contribution is 2.23. The molecule has 3 heteroatoms. The van der Waals surface area contributed by atoms with Crippen molar-refractivity contribution in [2.45, 2.75) is 48.0 Å². The highest BCUT2D eigenvalue weighted by Gasteiger charge is 2.09. The zero-order valence-electron chi connectivity index (χ0n) is 12.9. The molecule has 0 fully saturated rings. The summed E-state index contributed by atoms with van der Waals surface area (Å²) in [5.41, 5.74) is 8.33. The Morgan fingerprint density at radius 3 is 2.27 bits per heavy atom. The van der Waals surface area contributed by atoms with Crippen LogP contribution in [0.3, 0.4) is 0 Å². The number of aromatic nitrogens is 1. The molecule has 0 spiro atoms. The van der Waals surface area contributed by atoms with E-state index >= 15 is 0 Å². The lowest BCUT2D eigenvalue weighted by Gasteiger charge is -2.14. The summed E-state index contributed by atoms with van der Waals surface area (Å²) in [7, 11) is 0. The van der Waals surface area contributed by atoms with Gasteiger partial charge in [-0.1, -0.05) is 13.5 Å². The quantitative estimate of drug-likeness (QED) is 0.739. The molecule has 0 amide bonds. The van der Waals surface area contributed by atoms with Crippen molar-refractivity contribution in [1.29, 1.82) is 5.26 Å². The molecule has 2 nitrogen and oxygen atoms in total. The highest BCUT2D eigenvalue weighted by molar-refractivity contribution is 9.10. The third kappa shape index (κ3) is 3.75. The second kappa shape index (κ2) is 7.56. The average Bonchev–Trinajstić information content (AvgIpc) is 2.47. The zero-order chi connectivity index (χ0) is 15.6. The van der Waals surface area contributed by atoms with Crippen LogP contribution in [0.15, 0.2) is 22.8 Å². The van der Waals surface area contributed by atoms with E-state index in [2.05, 4.69) is 60.7 Å². The van der Waals surface area contributed by atoms with Crippen molar-refractivity contribution in [3.63, 3.8) is 0 Å². The fraction of sp³-hybridized carbons (Fsp3) is 0.368. The number of hydrogen-bond donors (Lipinski definition) is 0. The van der Waals surface area contributed by atoms with Crippen LogP contribution in [0.25, 0.3) is 0 Å². The molecule has 0 radical (unpaired) electrons. The number of benzene rings is 1. The predicted molar refractivity (Wildman–Crippen MR) is 96.2 cm³/mol. The minimum absolute atomic E-state index is 0. The number of nitrogens with zero attached hydrogens (tertiary/aromatic N) is 2. The lowest BCUT2D eigenvalue weighted by Crippen LogP contribution is -2.02. The van der Waals surface area contributed by atoms with Gasteiger partial charge in [0, 0.05) is 10.7 Å². The molecule has 0 saturated carbocycles. The molecule has 0 unspecified atom stereocenters.